The van der Waals surface area contributed by atoms with Crippen LogP contribution in [0.5, 0.6) is 0 Å². The summed E-state index contributed by atoms with van der Waals surface area (Å²) in [5, 5.41) is 5.54. The van der Waals surface area contributed by atoms with Crippen LogP contribution in [0.2, 0.25) is 0 Å². The minimum atomic E-state index is -0.326. The van der Waals surface area contributed by atoms with E-state index in [-0.39, 0.29) is 36.7 Å². The van der Waals surface area contributed by atoms with Gasteiger partial charge in [-0.3, -0.25) is 9.59 Å². The molecule has 2 aromatic rings. The summed E-state index contributed by atoms with van der Waals surface area (Å²) in [5.74, 6) is -0.277. The first-order valence-corrected chi connectivity index (χ1v) is 7.98. The van der Waals surface area contributed by atoms with Gasteiger partial charge in [0.25, 0.3) is 5.91 Å². The summed E-state index contributed by atoms with van der Waals surface area (Å²) in [4.78, 5) is 23.8. The third-order valence-corrected chi connectivity index (χ3v) is 3.68. The van der Waals surface area contributed by atoms with Crippen molar-refractivity contribution in [1.82, 2.24) is 10.6 Å². The Morgan fingerprint density at radius 2 is 1.56 bits per heavy atom. The van der Waals surface area contributed by atoms with Crippen molar-refractivity contribution < 1.29 is 9.59 Å². The lowest BCUT2D eigenvalue weighted by molar-refractivity contribution is -0.121. The first-order chi connectivity index (χ1) is 11.6. The third kappa shape index (κ3) is 6.95. The van der Waals surface area contributed by atoms with Crippen LogP contribution in [0.15, 0.2) is 54.6 Å². The lowest BCUT2D eigenvalue weighted by Crippen LogP contribution is -2.35. The molecule has 0 aliphatic carbocycles. The Morgan fingerprint density at radius 3 is 2.20 bits per heavy atom. The highest BCUT2D eigenvalue weighted by Crippen LogP contribution is 2.12. The van der Waals surface area contributed by atoms with E-state index in [9.17, 15) is 9.59 Å². The van der Waals surface area contributed by atoms with Gasteiger partial charge >= 0.3 is 0 Å². The Morgan fingerprint density at radius 1 is 0.960 bits per heavy atom. The number of carbonyl (C=O) groups is 2. The topological polar surface area (TPSA) is 84.2 Å². The minimum Gasteiger partial charge on any atom is -0.354 e. The van der Waals surface area contributed by atoms with Crippen molar-refractivity contribution in [3.8, 4) is 0 Å². The average molecular weight is 362 g/mol. The monoisotopic (exact) mass is 361 g/mol. The molecule has 0 saturated heterocycles. The molecule has 0 saturated carbocycles. The van der Waals surface area contributed by atoms with Gasteiger partial charge in [0.15, 0.2) is 0 Å². The number of halogens is 1. The maximum Gasteiger partial charge on any atom is 0.251 e. The fraction of sp³-hybridized carbons (Fsp3) is 0.263. The standard InChI is InChI=1S/C19H23N3O2.ClH/c1-14-7-9-16(10-8-14)19(24)22-12-11-21-18(23)13-17(20)15-5-3-2-4-6-15;/h2-10,17H,11-13,20H2,1H3,(H,21,23)(H,22,24);1H. The SMILES string of the molecule is Cc1ccc(C(=O)NCCNC(=O)CC(N)c2ccccc2)cc1.Cl. The van der Waals surface area contributed by atoms with Crippen molar-refractivity contribution in [3.63, 3.8) is 0 Å². The minimum absolute atomic E-state index is 0. The van der Waals surface area contributed by atoms with Crippen LogP contribution in [0.25, 0.3) is 0 Å². The molecule has 0 heterocycles. The number of nitrogens with one attached hydrogen (secondary N) is 2. The summed E-state index contributed by atoms with van der Waals surface area (Å²) in [6, 6.07) is 16.5. The van der Waals surface area contributed by atoms with Crippen molar-refractivity contribution in [2.75, 3.05) is 13.1 Å². The van der Waals surface area contributed by atoms with Gasteiger partial charge in [-0.25, -0.2) is 0 Å². The molecule has 0 bridgehead atoms. The predicted octanol–water partition coefficient (Wildman–Crippen LogP) is 2.35. The zero-order valence-corrected chi connectivity index (χ0v) is 15.0. The molecule has 1 atom stereocenters. The van der Waals surface area contributed by atoms with E-state index in [1.165, 1.54) is 0 Å². The summed E-state index contributed by atoms with van der Waals surface area (Å²) >= 11 is 0. The van der Waals surface area contributed by atoms with Gasteiger partial charge in [0.2, 0.25) is 5.91 Å². The van der Waals surface area contributed by atoms with E-state index in [2.05, 4.69) is 10.6 Å². The quantitative estimate of drug-likeness (QED) is 0.662. The molecule has 25 heavy (non-hydrogen) atoms. The maximum atomic E-state index is 11.9. The Labute approximate surface area is 154 Å². The van der Waals surface area contributed by atoms with Crippen LogP contribution < -0.4 is 16.4 Å². The van der Waals surface area contributed by atoms with E-state index in [1.807, 2.05) is 49.4 Å². The molecule has 2 amide bonds. The maximum absolute atomic E-state index is 11.9. The predicted molar refractivity (Wildman–Crippen MR) is 102 cm³/mol. The van der Waals surface area contributed by atoms with Crippen LogP contribution in [-0.4, -0.2) is 24.9 Å². The second kappa shape index (κ2) is 10.5. The van der Waals surface area contributed by atoms with Crippen LogP contribution in [0, 0.1) is 6.92 Å². The van der Waals surface area contributed by atoms with Crippen LogP contribution in [-0.2, 0) is 4.79 Å². The van der Waals surface area contributed by atoms with Gasteiger partial charge in [-0.05, 0) is 24.6 Å². The van der Waals surface area contributed by atoms with E-state index >= 15 is 0 Å². The summed E-state index contributed by atoms with van der Waals surface area (Å²) in [6.07, 6.45) is 0.218. The highest BCUT2D eigenvalue weighted by atomic mass is 35.5. The second-order valence-electron chi connectivity index (χ2n) is 5.69. The van der Waals surface area contributed by atoms with E-state index in [0.717, 1.165) is 11.1 Å². The number of amides is 2. The number of carbonyl (C=O) groups excluding carboxylic acids is 2. The third-order valence-electron chi connectivity index (χ3n) is 3.68. The molecule has 134 valence electrons. The van der Waals surface area contributed by atoms with Gasteiger partial charge in [-0.1, -0.05) is 48.0 Å². The highest BCUT2D eigenvalue weighted by molar-refractivity contribution is 5.94. The van der Waals surface area contributed by atoms with Gasteiger partial charge in [-0.2, -0.15) is 0 Å². The molecule has 0 spiro atoms. The van der Waals surface area contributed by atoms with Crippen molar-refractivity contribution in [2.24, 2.45) is 5.73 Å². The van der Waals surface area contributed by atoms with Gasteiger partial charge in [0.1, 0.15) is 0 Å². The largest absolute Gasteiger partial charge is 0.354 e. The van der Waals surface area contributed by atoms with Gasteiger partial charge in [-0.15, -0.1) is 12.4 Å². The molecule has 0 aromatic heterocycles. The highest BCUT2D eigenvalue weighted by Gasteiger charge is 2.11. The number of benzene rings is 2. The molecule has 2 rings (SSSR count). The van der Waals surface area contributed by atoms with Gasteiger partial charge in [0.05, 0.1) is 0 Å². The molecule has 5 nitrogen and oxygen atoms in total. The van der Waals surface area contributed by atoms with Crippen molar-refractivity contribution in [1.29, 1.82) is 0 Å². The zero-order valence-electron chi connectivity index (χ0n) is 14.2. The molecular formula is C19H24ClN3O2. The second-order valence-corrected chi connectivity index (χ2v) is 5.69. The lowest BCUT2D eigenvalue weighted by Gasteiger charge is -2.12. The Hall–Kier alpha value is -2.37. The van der Waals surface area contributed by atoms with E-state index in [1.54, 1.807) is 12.1 Å². The van der Waals surface area contributed by atoms with Gasteiger partial charge < -0.3 is 16.4 Å². The first kappa shape index (κ1) is 20.7. The summed E-state index contributed by atoms with van der Waals surface area (Å²) < 4.78 is 0. The van der Waals surface area contributed by atoms with Crippen molar-refractivity contribution in [3.05, 3.63) is 71.3 Å². The van der Waals surface area contributed by atoms with E-state index in [4.69, 9.17) is 5.73 Å². The molecule has 0 aliphatic heterocycles. The molecule has 1 unspecified atom stereocenters. The number of hydrogen-bond acceptors (Lipinski definition) is 3. The first-order valence-electron chi connectivity index (χ1n) is 7.98. The molecule has 0 radical (unpaired) electrons. The Balaban J connectivity index is 0.00000312. The molecular weight excluding hydrogens is 338 g/mol. The van der Waals surface area contributed by atoms with Crippen LogP contribution in [0.3, 0.4) is 0 Å². The Kier molecular flexibility index (Phi) is 8.67. The van der Waals surface area contributed by atoms with E-state index in [0.29, 0.717) is 18.7 Å². The summed E-state index contributed by atoms with van der Waals surface area (Å²) in [5.41, 5.74) is 8.65. The summed E-state index contributed by atoms with van der Waals surface area (Å²) in [7, 11) is 0. The average Bonchev–Trinajstić information content (AvgIpc) is 2.60. The zero-order chi connectivity index (χ0) is 17.4. The molecule has 0 aliphatic rings. The molecule has 0 fully saturated rings. The van der Waals surface area contributed by atoms with E-state index < -0.39 is 0 Å². The van der Waals surface area contributed by atoms with Gasteiger partial charge in [0, 0.05) is 31.1 Å². The van der Waals surface area contributed by atoms with Crippen LogP contribution in [0.1, 0.15) is 33.9 Å². The smallest absolute Gasteiger partial charge is 0.251 e. The lowest BCUT2D eigenvalue weighted by atomic mass is 10.0. The fourth-order valence-electron chi connectivity index (χ4n) is 2.27. The molecule has 4 N–H and O–H groups in total. The molecule has 6 heteroatoms. The number of aryl methyl sites for hydroxylation is 1. The summed E-state index contributed by atoms with van der Waals surface area (Å²) in [6.45, 7) is 2.72. The fourth-order valence-corrected chi connectivity index (χ4v) is 2.27. The number of rotatable bonds is 7. The van der Waals surface area contributed by atoms with Crippen LogP contribution in [0.4, 0.5) is 0 Å². The van der Waals surface area contributed by atoms with Crippen LogP contribution >= 0.6 is 12.4 Å². The Bertz CT molecular complexity index is 675. The molecule has 2 aromatic carbocycles. The number of nitrogens with two attached hydrogens (primary N) is 1. The van der Waals surface area contributed by atoms with Crippen molar-refractivity contribution >= 4 is 24.2 Å². The van der Waals surface area contributed by atoms with Crippen molar-refractivity contribution in [2.45, 2.75) is 19.4 Å². The normalized spacial score (nSPS) is 11.1. The number of hydrogen-bond donors (Lipinski definition) is 3.